The first-order chi connectivity index (χ1) is 12.2. The van der Waals surface area contributed by atoms with Crippen molar-refractivity contribution in [1.29, 1.82) is 0 Å². The number of hydrogen-bond acceptors (Lipinski definition) is 3. The van der Waals surface area contributed by atoms with E-state index in [0.717, 1.165) is 11.1 Å². The molecule has 7 heteroatoms. The van der Waals surface area contributed by atoms with Crippen LogP contribution in [0.4, 0.5) is 11.4 Å². The fourth-order valence-corrected chi connectivity index (χ4v) is 2.79. The van der Waals surface area contributed by atoms with E-state index in [-0.39, 0.29) is 18.4 Å². The Labute approximate surface area is 162 Å². The summed E-state index contributed by atoms with van der Waals surface area (Å²) in [6, 6.07) is 8.60. The Bertz CT molecular complexity index is 853. The number of benzene rings is 2. The minimum absolute atomic E-state index is 0.168. The summed E-state index contributed by atoms with van der Waals surface area (Å²) in [7, 11) is 1.48. The third kappa shape index (κ3) is 4.48. The van der Waals surface area contributed by atoms with Gasteiger partial charge in [-0.25, -0.2) is 0 Å². The number of methoxy groups -OCH3 is 1. The van der Waals surface area contributed by atoms with E-state index in [4.69, 9.17) is 27.9 Å². The normalized spacial score (nSPS) is 10.4. The van der Waals surface area contributed by atoms with Crippen LogP contribution in [0.2, 0.25) is 10.0 Å². The van der Waals surface area contributed by atoms with Crippen LogP contribution in [0.3, 0.4) is 0 Å². The van der Waals surface area contributed by atoms with Crippen LogP contribution in [0.25, 0.3) is 0 Å². The van der Waals surface area contributed by atoms with Crippen molar-refractivity contribution in [2.45, 2.75) is 20.8 Å². The maximum absolute atomic E-state index is 12.5. The number of anilines is 2. The second-order valence-electron chi connectivity index (χ2n) is 5.84. The van der Waals surface area contributed by atoms with Crippen molar-refractivity contribution in [2.75, 3.05) is 23.9 Å². The number of carbonyl (C=O) groups is 2. The molecule has 0 aliphatic rings. The van der Waals surface area contributed by atoms with Gasteiger partial charge in [0.1, 0.15) is 12.3 Å². The number of halogens is 2. The molecule has 0 heterocycles. The Balaban J connectivity index is 2.29. The first-order valence-electron chi connectivity index (χ1n) is 7.91. The van der Waals surface area contributed by atoms with E-state index in [1.807, 2.05) is 13.8 Å². The van der Waals surface area contributed by atoms with Gasteiger partial charge in [-0.1, -0.05) is 29.3 Å². The van der Waals surface area contributed by atoms with Crippen LogP contribution < -0.4 is 15.0 Å². The van der Waals surface area contributed by atoms with Crippen molar-refractivity contribution in [2.24, 2.45) is 0 Å². The van der Waals surface area contributed by atoms with Gasteiger partial charge in [0.25, 0.3) is 0 Å². The molecule has 2 aromatic carbocycles. The van der Waals surface area contributed by atoms with Crippen molar-refractivity contribution < 1.29 is 14.3 Å². The third-order valence-corrected chi connectivity index (χ3v) is 4.79. The molecule has 0 aliphatic carbocycles. The molecule has 2 rings (SSSR count). The lowest BCUT2D eigenvalue weighted by Crippen LogP contribution is -2.37. The lowest BCUT2D eigenvalue weighted by atomic mass is 10.1. The van der Waals surface area contributed by atoms with Gasteiger partial charge < -0.3 is 10.1 Å². The van der Waals surface area contributed by atoms with E-state index in [1.54, 1.807) is 30.3 Å². The molecular formula is C19H20Cl2N2O3. The summed E-state index contributed by atoms with van der Waals surface area (Å²) in [6.07, 6.45) is 0. The highest BCUT2D eigenvalue weighted by molar-refractivity contribution is 6.32. The van der Waals surface area contributed by atoms with Gasteiger partial charge >= 0.3 is 0 Å². The smallest absolute Gasteiger partial charge is 0.244 e. The highest BCUT2D eigenvalue weighted by atomic mass is 35.5. The maximum atomic E-state index is 12.5. The fourth-order valence-electron chi connectivity index (χ4n) is 2.46. The van der Waals surface area contributed by atoms with Crippen molar-refractivity contribution in [3.8, 4) is 5.75 Å². The van der Waals surface area contributed by atoms with Crippen LogP contribution in [0.15, 0.2) is 30.3 Å². The number of nitrogens with one attached hydrogen (secondary N) is 1. The van der Waals surface area contributed by atoms with E-state index in [0.29, 0.717) is 27.2 Å². The SMILES string of the molecule is COc1cc(Cl)c(C)cc1N(CC(=O)Nc1cccc(Cl)c1C)C(C)=O. The highest BCUT2D eigenvalue weighted by Crippen LogP contribution is 2.34. The average Bonchev–Trinajstić information content (AvgIpc) is 2.58. The molecule has 0 radical (unpaired) electrons. The predicted octanol–water partition coefficient (Wildman–Crippen LogP) is 4.61. The van der Waals surface area contributed by atoms with Crippen LogP contribution in [0.1, 0.15) is 18.1 Å². The van der Waals surface area contributed by atoms with E-state index in [2.05, 4.69) is 5.32 Å². The van der Waals surface area contributed by atoms with Crippen LogP contribution >= 0.6 is 23.2 Å². The minimum atomic E-state index is -0.347. The summed E-state index contributed by atoms with van der Waals surface area (Å²) in [6.45, 7) is 4.85. The van der Waals surface area contributed by atoms with Crippen LogP contribution in [0.5, 0.6) is 5.75 Å². The van der Waals surface area contributed by atoms with Gasteiger partial charge in [0.15, 0.2) is 0 Å². The minimum Gasteiger partial charge on any atom is -0.495 e. The number of nitrogens with zero attached hydrogens (tertiary/aromatic N) is 1. The Morgan fingerprint density at radius 3 is 2.46 bits per heavy atom. The van der Waals surface area contributed by atoms with Gasteiger partial charge in [-0.3, -0.25) is 14.5 Å². The third-order valence-electron chi connectivity index (χ3n) is 3.97. The number of hydrogen-bond donors (Lipinski definition) is 1. The molecule has 0 saturated heterocycles. The number of ether oxygens (including phenoxy) is 1. The molecule has 0 spiro atoms. The van der Waals surface area contributed by atoms with Gasteiger partial charge in [0.05, 0.1) is 12.8 Å². The summed E-state index contributed by atoms with van der Waals surface area (Å²) in [4.78, 5) is 26.0. The molecule has 0 aliphatic heterocycles. The second kappa shape index (κ2) is 8.43. The molecule has 5 nitrogen and oxygen atoms in total. The molecule has 26 heavy (non-hydrogen) atoms. The molecule has 0 unspecified atom stereocenters. The monoisotopic (exact) mass is 394 g/mol. The first kappa shape index (κ1) is 20.1. The van der Waals surface area contributed by atoms with E-state index < -0.39 is 0 Å². The summed E-state index contributed by atoms with van der Waals surface area (Å²) in [5.41, 5.74) is 2.63. The Morgan fingerprint density at radius 2 is 1.85 bits per heavy atom. The van der Waals surface area contributed by atoms with E-state index >= 15 is 0 Å². The second-order valence-corrected chi connectivity index (χ2v) is 6.65. The number of amides is 2. The Hall–Kier alpha value is -2.24. The largest absolute Gasteiger partial charge is 0.495 e. The first-order valence-corrected chi connectivity index (χ1v) is 8.67. The number of rotatable bonds is 5. The van der Waals surface area contributed by atoms with Gasteiger partial charge in [-0.05, 0) is 43.2 Å². The number of carbonyl (C=O) groups excluding carboxylic acids is 2. The van der Waals surface area contributed by atoms with Crippen molar-refractivity contribution in [3.63, 3.8) is 0 Å². The number of aryl methyl sites for hydroxylation is 1. The zero-order chi connectivity index (χ0) is 19.4. The van der Waals surface area contributed by atoms with Gasteiger partial charge in [0, 0.05) is 28.7 Å². The molecule has 2 amide bonds. The standard InChI is InChI=1S/C19H20Cl2N2O3/c1-11-8-17(18(26-4)9-15(11)21)23(13(3)24)10-19(25)22-16-7-5-6-14(20)12(16)2/h5-9H,10H2,1-4H3,(H,22,25). The molecule has 0 fully saturated rings. The molecule has 138 valence electrons. The maximum Gasteiger partial charge on any atom is 0.244 e. The van der Waals surface area contributed by atoms with E-state index in [9.17, 15) is 9.59 Å². The highest BCUT2D eigenvalue weighted by Gasteiger charge is 2.21. The van der Waals surface area contributed by atoms with Gasteiger partial charge in [0.2, 0.25) is 11.8 Å². The van der Waals surface area contributed by atoms with Gasteiger partial charge in [-0.2, -0.15) is 0 Å². The van der Waals surface area contributed by atoms with Gasteiger partial charge in [-0.15, -0.1) is 0 Å². The molecule has 1 N–H and O–H groups in total. The molecule has 0 aromatic heterocycles. The quantitative estimate of drug-likeness (QED) is 0.805. The topological polar surface area (TPSA) is 58.6 Å². The molecule has 0 saturated carbocycles. The van der Waals surface area contributed by atoms with E-state index in [1.165, 1.54) is 18.9 Å². The zero-order valence-corrected chi connectivity index (χ0v) is 16.5. The average molecular weight is 395 g/mol. The lowest BCUT2D eigenvalue weighted by Gasteiger charge is -2.24. The predicted molar refractivity (Wildman–Crippen MR) is 106 cm³/mol. The lowest BCUT2D eigenvalue weighted by molar-refractivity contribution is -0.120. The van der Waals surface area contributed by atoms with Crippen molar-refractivity contribution >= 4 is 46.4 Å². The summed E-state index contributed by atoms with van der Waals surface area (Å²) in [5.74, 6) is -0.217. The Kier molecular flexibility index (Phi) is 6.51. The molecular weight excluding hydrogens is 375 g/mol. The molecule has 0 atom stereocenters. The van der Waals surface area contributed by atoms with Crippen LogP contribution in [-0.4, -0.2) is 25.5 Å². The molecule has 0 bridgehead atoms. The zero-order valence-electron chi connectivity index (χ0n) is 15.0. The van der Waals surface area contributed by atoms with Crippen LogP contribution in [-0.2, 0) is 9.59 Å². The fraction of sp³-hybridized carbons (Fsp3) is 0.263. The van der Waals surface area contributed by atoms with Crippen LogP contribution in [0, 0.1) is 13.8 Å². The summed E-state index contributed by atoms with van der Waals surface area (Å²) < 4.78 is 5.32. The molecule has 2 aromatic rings. The summed E-state index contributed by atoms with van der Waals surface area (Å²) >= 11 is 12.2. The van der Waals surface area contributed by atoms with Crippen molar-refractivity contribution in [1.82, 2.24) is 0 Å². The summed E-state index contributed by atoms with van der Waals surface area (Å²) in [5, 5.41) is 3.86. The Morgan fingerprint density at radius 1 is 1.15 bits per heavy atom. The van der Waals surface area contributed by atoms with Crippen molar-refractivity contribution in [3.05, 3.63) is 51.5 Å².